The fraction of sp³-hybridized carbons (Fsp3) is 0.698. The normalized spacial score (nSPS) is 33.5. The molecule has 5 saturated heterocycles. The van der Waals surface area contributed by atoms with Crippen LogP contribution in [0.15, 0.2) is 29.8 Å². The number of nitrogens with zero attached hydrogens (tertiary/aromatic N) is 2. The van der Waals surface area contributed by atoms with Gasteiger partial charge in [0, 0.05) is 44.7 Å². The summed E-state index contributed by atoms with van der Waals surface area (Å²) < 4.78 is 18.6. The molecule has 2 bridgehead atoms. The van der Waals surface area contributed by atoms with E-state index in [1.165, 1.54) is 4.90 Å². The fourth-order valence-electron chi connectivity index (χ4n) is 9.90. The molecule has 1 aromatic carbocycles. The number of carbonyl (C=O) groups excluding carboxylic acids is 4. The summed E-state index contributed by atoms with van der Waals surface area (Å²) in [6.07, 6.45) is 2.29. The van der Waals surface area contributed by atoms with Crippen LogP contribution in [0.4, 0.5) is 0 Å². The Bertz CT molecular complexity index is 1830. The highest BCUT2D eigenvalue weighted by atomic mass is 32.1. The molecule has 8 rings (SSSR count). The standard InChI is InChI=1S/C43H60N4O10S/c1-24-8-13-31-25(2)33(54-40-43(31)30(24)16-18-42(7,55-40)56-57-43)17-19-53-35(50)15-14-34(49)46-37(41(4,5)6)39(52)47-22-29(48)20-32(47)38(51)44-21-27-9-11-28(12-10-27)36-26(3)45-23-58-36/h9-12,23-25,29-33,37,40,48H,8,13-22H2,1-7H3,(H,44,51)(H,46,49). The third-order valence-corrected chi connectivity index (χ3v) is 14.2. The SMILES string of the molecule is Cc1ncsc1-c1ccc(CNC(=O)C2CC(O)CN2C(=O)C(NC(=O)CCC(=O)OCCC2OC3OC4(C)CCC5C(C)CCC(C2C)C35OO4)C(C)(C)C)cc1. The summed E-state index contributed by atoms with van der Waals surface area (Å²) in [6.45, 7) is 14.1. The Balaban J connectivity index is 0.887. The average molecular weight is 825 g/mol. The van der Waals surface area contributed by atoms with Crippen molar-refractivity contribution in [3.63, 3.8) is 0 Å². The van der Waals surface area contributed by atoms with Gasteiger partial charge in [0.05, 0.1) is 41.3 Å². The lowest BCUT2D eigenvalue weighted by Crippen LogP contribution is -2.70. The number of amides is 3. The number of nitrogens with one attached hydrogen (secondary N) is 2. The van der Waals surface area contributed by atoms with E-state index in [1.807, 2.05) is 64.4 Å². The van der Waals surface area contributed by atoms with E-state index in [-0.39, 0.29) is 68.7 Å². The predicted octanol–water partition coefficient (Wildman–Crippen LogP) is 5.19. The molecule has 2 aromatic rings. The smallest absolute Gasteiger partial charge is 0.306 e. The van der Waals surface area contributed by atoms with Crippen LogP contribution in [0, 0.1) is 36.0 Å². The Hall–Kier alpha value is -3.47. The van der Waals surface area contributed by atoms with Crippen molar-refractivity contribution in [1.29, 1.82) is 0 Å². The molecule has 318 valence electrons. The summed E-state index contributed by atoms with van der Waals surface area (Å²) in [5, 5.41) is 16.3. The van der Waals surface area contributed by atoms with Gasteiger partial charge in [0.1, 0.15) is 12.1 Å². The molecule has 11 unspecified atom stereocenters. The number of likely N-dealkylation sites (tertiary alicyclic amines) is 1. The Labute approximate surface area is 345 Å². The van der Waals surface area contributed by atoms with Crippen molar-refractivity contribution in [3.8, 4) is 10.4 Å². The molecule has 0 radical (unpaired) electrons. The molecule has 1 aromatic heterocycles. The van der Waals surface area contributed by atoms with Crippen molar-refractivity contribution in [2.75, 3.05) is 13.2 Å². The number of ether oxygens (including phenoxy) is 3. The lowest BCUT2D eigenvalue weighted by atomic mass is 9.57. The quantitative estimate of drug-likeness (QED) is 0.190. The molecule has 11 atom stereocenters. The number of aliphatic hydroxyl groups excluding tert-OH is 1. The van der Waals surface area contributed by atoms with Crippen molar-refractivity contribution < 1.29 is 48.3 Å². The first-order chi connectivity index (χ1) is 27.5. The van der Waals surface area contributed by atoms with E-state index in [9.17, 15) is 24.3 Å². The molecule has 6 heterocycles. The summed E-state index contributed by atoms with van der Waals surface area (Å²) >= 11 is 1.57. The number of esters is 1. The number of hydrogen-bond acceptors (Lipinski definition) is 12. The van der Waals surface area contributed by atoms with Gasteiger partial charge in [-0.25, -0.2) is 14.8 Å². The van der Waals surface area contributed by atoms with Gasteiger partial charge >= 0.3 is 5.97 Å². The number of rotatable bonds is 12. The Morgan fingerprint density at radius 1 is 1.07 bits per heavy atom. The van der Waals surface area contributed by atoms with Crippen LogP contribution in [0.2, 0.25) is 0 Å². The van der Waals surface area contributed by atoms with Crippen molar-refractivity contribution in [3.05, 3.63) is 41.0 Å². The first-order valence-electron chi connectivity index (χ1n) is 20.9. The summed E-state index contributed by atoms with van der Waals surface area (Å²) in [5.74, 6) is -1.71. The molecule has 3 amide bonds. The predicted molar refractivity (Wildman–Crippen MR) is 213 cm³/mol. The van der Waals surface area contributed by atoms with Crippen LogP contribution in [0.5, 0.6) is 0 Å². The molecular weight excluding hydrogens is 765 g/mol. The molecule has 15 heteroatoms. The highest BCUT2D eigenvalue weighted by Crippen LogP contribution is 2.60. The number of benzene rings is 1. The number of carbonyl (C=O) groups is 4. The Morgan fingerprint density at radius 2 is 1.83 bits per heavy atom. The molecule has 6 aliphatic rings. The van der Waals surface area contributed by atoms with Crippen LogP contribution in [0.1, 0.15) is 104 Å². The Morgan fingerprint density at radius 3 is 2.53 bits per heavy atom. The number of hydrogen-bond donors (Lipinski definition) is 3. The topological polar surface area (TPSA) is 175 Å². The molecular formula is C43H60N4O10S. The number of fused-ring (bicyclic) bond motifs is 2. The van der Waals surface area contributed by atoms with Gasteiger partial charge in [-0.1, -0.05) is 58.9 Å². The van der Waals surface area contributed by atoms with Crippen molar-refractivity contribution in [2.45, 2.75) is 148 Å². The van der Waals surface area contributed by atoms with Crippen LogP contribution in [0.25, 0.3) is 10.4 Å². The monoisotopic (exact) mass is 824 g/mol. The van der Waals surface area contributed by atoms with Crippen molar-refractivity contribution in [1.82, 2.24) is 20.5 Å². The zero-order valence-corrected chi connectivity index (χ0v) is 35.6. The number of aromatic nitrogens is 1. The first kappa shape index (κ1) is 42.6. The molecule has 1 spiro atoms. The van der Waals surface area contributed by atoms with Crippen LogP contribution in [-0.4, -0.2) is 93.8 Å². The van der Waals surface area contributed by atoms with E-state index < -0.39 is 59.1 Å². The molecule has 14 nitrogen and oxygen atoms in total. The van der Waals surface area contributed by atoms with Gasteiger partial charge < -0.3 is 34.9 Å². The maximum absolute atomic E-state index is 14.0. The third-order valence-electron chi connectivity index (χ3n) is 13.2. The molecule has 58 heavy (non-hydrogen) atoms. The largest absolute Gasteiger partial charge is 0.466 e. The van der Waals surface area contributed by atoms with Gasteiger partial charge in [-0.05, 0) is 67.4 Å². The lowest BCUT2D eigenvalue weighted by Gasteiger charge is -2.60. The van der Waals surface area contributed by atoms with Gasteiger partial charge in [0.15, 0.2) is 11.9 Å². The van der Waals surface area contributed by atoms with E-state index in [0.717, 1.165) is 47.4 Å². The van der Waals surface area contributed by atoms with Gasteiger partial charge in [0.25, 0.3) is 0 Å². The summed E-state index contributed by atoms with van der Waals surface area (Å²) in [4.78, 5) is 72.5. The highest BCUT2D eigenvalue weighted by molar-refractivity contribution is 7.13. The molecule has 5 aliphatic heterocycles. The zero-order valence-electron chi connectivity index (χ0n) is 34.8. The summed E-state index contributed by atoms with van der Waals surface area (Å²) in [7, 11) is 0. The molecule has 3 N–H and O–H groups in total. The second-order valence-corrected chi connectivity index (χ2v) is 19.3. The van der Waals surface area contributed by atoms with Gasteiger partial charge in [-0.15, -0.1) is 11.3 Å². The summed E-state index contributed by atoms with van der Waals surface area (Å²) in [5.41, 5.74) is 3.31. The van der Waals surface area contributed by atoms with Gasteiger partial charge in [-0.3, -0.25) is 19.2 Å². The van der Waals surface area contributed by atoms with Crippen molar-refractivity contribution >= 4 is 35.0 Å². The number of β-amino-alcohol motifs (C(OH)–C–C–N with tert-alkyl or cyclic N) is 1. The maximum atomic E-state index is 14.0. The minimum atomic E-state index is -1.01. The van der Waals surface area contributed by atoms with Crippen LogP contribution < -0.4 is 10.6 Å². The van der Waals surface area contributed by atoms with Gasteiger partial charge in [0.2, 0.25) is 23.5 Å². The van der Waals surface area contributed by atoms with E-state index in [2.05, 4.69) is 29.5 Å². The minimum Gasteiger partial charge on any atom is -0.466 e. The van der Waals surface area contributed by atoms with Crippen LogP contribution >= 0.6 is 11.3 Å². The third kappa shape index (κ3) is 8.58. The van der Waals surface area contributed by atoms with E-state index in [0.29, 0.717) is 12.3 Å². The second kappa shape index (κ2) is 16.9. The fourth-order valence-corrected chi connectivity index (χ4v) is 10.7. The first-order valence-corrected chi connectivity index (χ1v) is 21.8. The second-order valence-electron chi connectivity index (χ2n) is 18.4. The van der Waals surface area contributed by atoms with Crippen LogP contribution in [0.3, 0.4) is 0 Å². The lowest BCUT2D eigenvalue weighted by molar-refractivity contribution is -0.571. The number of aliphatic hydroxyl groups is 1. The van der Waals surface area contributed by atoms with Gasteiger partial charge in [-0.2, -0.15) is 0 Å². The number of thiazole rings is 1. The zero-order chi connectivity index (χ0) is 41.6. The van der Waals surface area contributed by atoms with E-state index >= 15 is 0 Å². The minimum absolute atomic E-state index is 0.0354. The van der Waals surface area contributed by atoms with E-state index in [1.54, 1.807) is 11.3 Å². The summed E-state index contributed by atoms with van der Waals surface area (Å²) in [6, 6.07) is 5.94. The molecule has 1 saturated carbocycles. The van der Waals surface area contributed by atoms with Crippen molar-refractivity contribution in [2.24, 2.45) is 29.1 Å². The maximum Gasteiger partial charge on any atom is 0.306 e. The molecule has 1 aliphatic carbocycles. The van der Waals surface area contributed by atoms with Crippen LogP contribution in [-0.2, 0) is 49.7 Å². The number of aryl methyl sites for hydroxylation is 1. The molecule has 6 fully saturated rings. The van der Waals surface area contributed by atoms with E-state index in [4.69, 9.17) is 24.0 Å². The highest BCUT2D eigenvalue weighted by Gasteiger charge is 2.69. The Kier molecular flexibility index (Phi) is 12.4. The average Bonchev–Trinajstić information content (AvgIpc) is 3.72.